The number of fused-ring (bicyclic) bond motifs is 4. The van der Waals surface area contributed by atoms with Gasteiger partial charge in [0.15, 0.2) is 23.0 Å². The maximum Gasteiger partial charge on any atom is 0.308 e. The molecule has 0 amide bonds. The van der Waals surface area contributed by atoms with Crippen molar-refractivity contribution in [1.29, 1.82) is 0 Å². The summed E-state index contributed by atoms with van der Waals surface area (Å²) in [5, 5.41) is 0. The molecular weight excluding hydrogens is 785 g/mol. The second-order valence-corrected chi connectivity index (χ2v) is 18.1. The molecule has 4 fully saturated rings. The molecular formula is C47H68N2O12+2. The summed E-state index contributed by atoms with van der Waals surface area (Å²) in [6.07, 6.45) is 12.8. The number of ether oxygens (including phenoxy) is 8. The molecule has 0 N–H and O–H groups in total. The molecule has 4 heterocycles. The second kappa shape index (κ2) is 20.1. The SMILES string of the molecule is COc1cc(C[N+]2(C)C3CCC2CC(OC(=O)CCCCCCCC(=O)OC2CC4CCC(C2)[N+]4(C)Cc2cc(OC)c(OC(C)=O)c(OC)c2)C3)cc(OC)c1OC(C)=O. The topological polar surface area (TPSA) is 142 Å². The second-order valence-electron chi connectivity index (χ2n) is 18.1. The molecule has 4 saturated heterocycles. The Morgan fingerprint density at radius 2 is 0.803 bits per heavy atom. The number of rotatable bonds is 20. The molecule has 14 heteroatoms. The first-order valence-electron chi connectivity index (χ1n) is 22.1. The van der Waals surface area contributed by atoms with Gasteiger partial charge in [-0.15, -0.1) is 0 Å². The van der Waals surface area contributed by atoms with E-state index >= 15 is 0 Å². The van der Waals surface area contributed by atoms with Crippen molar-refractivity contribution in [2.45, 2.75) is 160 Å². The highest BCUT2D eigenvalue weighted by atomic mass is 16.6. The highest BCUT2D eigenvalue weighted by Crippen LogP contribution is 2.47. The Kier molecular flexibility index (Phi) is 15.1. The fourth-order valence-corrected chi connectivity index (χ4v) is 11.0. The van der Waals surface area contributed by atoms with E-state index in [0.717, 1.165) is 117 Å². The standard InChI is InChI=1S/C47H68N2O12/c1-30(50)58-46-40(54-5)20-32(21-41(46)55-6)28-48(3)34-16-17-35(48)25-38(24-34)60-44(52)14-12-10-9-11-13-15-45(53)61-39-26-36-18-19-37(27-39)49(36,4)29-33-22-42(56-7)47(59-31(2)51)43(23-33)57-8/h20-23,34-39H,9-19,24-29H2,1-8H3/q+2. The molecule has 2 aromatic carbocycles. The molecule has 2 aromatic rings. The van der Waals surface area contributed by atoms with Gasteiger partial charge in [0.2, 0.25) is 11.5 Å². The number of methoxy groups -OCH3 is 4. The van der Waals surface area contributed by atoms with Gasteiger partial charge in [0.25, 0.3) is 0 Å². The van der Waals surface area contributed by atoms with Gasteiger partial charge in [-0.05, 0) is 37.1 Å². The van der Waals surface area contributed by atoms with Crippen LogP contribution >= 0.6 is 0 Å². The molecule has 4 atom stereocenters. The minimum atomic E-state index is -0.440. The van der Waals surface area contributed by atoms with E-state index in [1.807, 2.05) is 24.3 Å². The third-order valence-corrected chi connectivity index (χ3v) is 14.1. The highest BCUT2D eigenvalue weighted by Gasteiger charge is 2.54. The van der Waals surface area contributed by atoms with E-state index in [4.69, 9.17) is 37.9 Å². The maximum atomic E-state index is 12.9. The number of unbranched alkanes of at least 4 members (excludes halogenated alkanes) is 4. The van der Waals surface area contributed by atoms with Gasteiger partial charge in [-0.2, -0.15) is 0 Å². The predicted octanol–water partition coefficient (Wildman–Crippen LogP) is 7.37. The van der Waals surface area contributed by atoms with Crippen LogP contribution in [-0.4, -0.2) is 112 Å². The summed E-state index contributed by atoms with van der Waals surface area (Å²) in [7, 11) is 10.8. The first-order chi connectivity index (χ1) is 29.2. The summed E-state index contributed by atoms with van der Waals surface area (Å²) in [5.74, 6) is 1.31. The van der Waals surface area contributed by atoms with Crippen LogP contribution in [0.2, 0.25) is 0 Å². The van der Waals surface area contributed by atoms with Gasteiger partial charge in [-0.1, -0.05) is 19.3 Å². The highest BCUT2D eigenvalue weighted by molar-refractivity contribution is 5.73. The fourth-order valence-electron chi connectivity index (χ4n) is 11.0. The van der Waals surface area contributed by atoms with E-state index < -0.39 is 11.9 Å². The van der Waals surface area contributed by atoms with Gasteiger partial charge in [0.05, 0.1) is 66.7 Å². The average Bonchev–Trinajstić information content (AvgIpc) is 3.44. The van der Waals surface area contributed by atoms with Crippen LogP contribution in [0.15, 0.2) is 24.3 Å². The Hall–Kier alpha value is -4.56. The van der Waals surface area contributed by atoms with Crippen molar-refractivity contribution in [2.75, 3.05) is 42.5 Å². The fraction of sp³-hybridized carbons (Fsp3) is 0.660. The molecule has 0 radical (unpaired) electrons. The van der Waals surface area contributed by atoms with Crippen LogP contribution in [0.3, 0.4) is 0 Å². The number of hydrogen-bond acceptors (Lipinski definition) is 12. The Balaban J connectivity index is 0.870. The summed E-state index contributed by atoms with van der Waals surface area (Å²) in [6, 6.07) is 9.20. The normalized spacial score (nSPS) is 27.5. The van der Waals surface area contributed by atoms with Crippen molar-refractivity contribution in [2.24, 2.45) is 0 Å². The number of carbonyl (C=O) groups excluding carboxylic acids is 4. The number of esters is 4. The average molecular weight is 853 g/mol. The van der Waals surface area contributed by atoms with Crippen LogP contribution in [-0.2, 0) is 41.7 Å². The molecule has 6 rings (SSSR count). The molecule has 0 aromatic heterocycles. The molecule has 0 spiro atoms. The van der Waals surface area contributed by atoms with E-state index in [0.29, 0.717) is 60.0 Å². The van der Waals surface area contributed by atoms with Crippen molar-refractivity contribution >= 4 is 23.9 Å². The first kappa shape index (κ1) is 46.0. The summed E-state index contributed by atoms with van der Waals surface area (Å²) in [6.45, 7) is 4.25. The Morgan fingerprint density at radius 3 is 1.08 bits per heavy atom. The summed E-state index contributed by atoms with van der Waals surface area (Å²) in [5.41, 5.74) is 2.08. The van der Waals surface area contributed by atoms with E-state index in [1.54, 1.807) is 28.4 Å². The van der Waals surface area contributed by atoms with Crippen molar-refractivity contribution in [3.8, 4) is 34.5 Å². The van der Waals surface area contributed by atoms with Gasteiger partial charge >= 0.3 is 23.9 Å². The van der Waals surface area contributed by atoms with Crippen LogP contribution in [0, 0.1) is 0 Å². The van der Waals surface area contributed by atoms with Crippen LogP contribution in [0.1, 0.15) is 121 Å². The molecule has 4 aliphatic heterocycles. The number of carbonyl (C=O) groups is 4. The maximum absolute atomic E-state index is 12.9. The molecule has 0 saturated carbocycles. The molecule has 4 bridgehead atoms. The largest absolute Gasteiger partial charge is 0.493 e. The molecule has 0 aliphatic carbocycles. The number of piperidine rings is 2. The lowest BCUT2D eigenvalue weighted by Crippen LogP contribution is -2.58. The Labute approximate surface area is 361 Å². The van der Waals surface area contributed by atoms with Crippen LogP contribution < -0.4 is 28.4 Å². The number of benzene rings is 2. The third kappa shape index (κ3) is 10.7. The van der Waals surface area contributed by atoms with E-state index in [9.17, 15) is 19.2 Å². The van der Waals surface area contributed by atoms with Gasteiger partial charge in [-0.25, -0.2) is 0 Å². The summed E-state index contributed by atoms with van der Waals surface area (Å²) in [4.78, 5) is 49.2. The molecule has 4 aliphatic rings. The molecule has 14 nitrogen and oxygen atoms in total. The lowest BCUT2D eigenvalue weighted by molar-refractivity contribution is -0.961. The van der Waals surface area contributed by atoms with E-state index in [1.165, 1.54) is 13.8 Å². The smallest absolute Gasteiger partial charge is 0.308 e. The van der Waals surface area contributed by atoms with Gasteiger partial charge in [0.1, 0.15) is 25.3 Å². The van der Waals surface area contributed by atoms with Crippen molar-refractivity contribution < 1.29 is 66.0 Å². The molecule has 336 valence electrons. The minimum Gasteiger partial charge on any atom is -0.493 e. The lowest BCUT2D eigenvalue weighted by atomic mass is 9.95. The van der Waals surface area contributed by atoms with Crippen molar-refractivity contribution in [1.82, 2.24) is 0 Å². The van der Waals surface area contributed by atoms with E-state index in [2.05, 4.69) is 14.1 Å². The van der Waals surface area contributed by atoms with Crippen molar-refractivity contribution in [3.05, 3.63) is 35.4 Å². The number of nitrogens with zero attached hydrogens (tertiary/aromatic N) is 2. The first-order valence-corrected chi connectivity index (χ1v) is 22.1. The van der Waals surface area contributed by atoms with Gasteiger partial charge < -0.3 is 46.9 Å². The van der Waals surface area contributed by atoms with Gasteiger partial charge in [0, 0.05) is 89.2 Å². The third-order valence-electron chi connectivity index (χ3n) is 14.1. The Morgan fingerprint density at radius 1 is 0.508 bits per heavy atom. The monoisotopic (exact) mass is 852 g/mol. The quantitative estimate of drug-likeness (QED) is 0.0569. The zero-order valence-corrected chi connectivity index (χ0v) is 37.6. The summed E-state index contributed by atoms with van der Waals surface area (Å²) < 4.78 is 46.9. The van der Waals surface area contributed by atoms with Crippen LogP contribution in [0.25, 0.3) is 0 Å². The predicted molar refractivity (Wildman–Crippen MR) is 226 cm³/mol. The molecule has 61 heavy (non-hydrogen) atoms. The van der Waals surface area contributed by atoms with Crippen LogP contribution in [0.4, 0.5) is 0 Å². The van der Waals surface area contributed by atoms with E-state index in [-0.39, 0.29) is 35.6 Å². The Bertz CT molecular complexity index is 1690. The van der Waals surface area contributed by atoms with Gasteiger partial charge in [-0.3, -0.25) is 19.2 Å². The zero-order valence-electron chi connectivity index (χ0n) is 37.6. The van der Waals surface area contributed by atoms with Crippen LogP contribution in [0.5, 0.6) is 34.5 Å². The summed E-state index contributed by atoms with van der Waals surface area (Å²) >= 11 is 0. The lowest BCUT2D eigenvalue weighted by Gasteiger charge is -2.47. The number of quaternary nitrogens is 2. The minimum absolute atomic E-state index is 0.0647. The molecule has 4 unspecified atom stereocenters. The number of hydrogen-bond donors (Lipinski definition) is 0. The zero-order chi connectivity index (χ0) is 43.9. The van der Waals surface area contributed by atoms with Crippen molar-refractivity contribution in [3.63, 3.8) is 0 Å².